The second-order valence-electron chi connectivity index (χ2n) is 7.88. The highest BCUT2D eigenvalue weighted by Crippen LogP contribution is 2.42. The molecule has 1 aliphatic heterocycles. The number of urea groups is 1. The van der Waals surface area contributed by atoms with Crippen LogP contribution < -0.4 is 10.1 Å². The van der Waals surface area contributed by atoms with Gasteiger partial charge in [0.15, 0.2) is 0 Å². The first kappa shape index (κ1) is 19.5. The number of rotatable bonds is 6. The molecule has 6 nitrogen and oxygen atoms in total. The molecule has 1 aliphatic carbocycles. The van der Waals surface area contributed by atoms with E-state index in [-0.39, 0.29) is 24.6 Å². The Morgan fingerprint density at radius 2 is 2.00 bits per heavy atom. The molecule has 2 aromatic rings. The van der Waals surface area contributed by atoms with Gasteiger partial charge < -0.3 is 14.8 Å². The molecule has 1 heterocycles. The minimum atomic E-state index is -0.942. The number of ether oxygens (including phenoxy) is 2. The molecule has 1 spiro atoms. The predicted molar refractivity (Wildman–Crippen MR) is 109 cm³/mol. The van der Waals surface area contributed by atoms with Crippen LogP contribution in [0.15, 0.2) is 42.5 Å². The van der Waals surface area contributed by atoms with E-state index >= 15 is 0 Å². The van der Waals surface area contributed by atoms with Crippen LogP contribution in [-0.4, -0.2) is 36.7 Å². The number of imide groups is 1. The van der Waals surface area contributed by atoms with E-state index in [2.05, 4.69) is 5.32 Å². The van der Waals surface area contributed by atoms with Crippen molar-refractivity contribution in [2.45, 2.75) is 44.9 Å². The lowest BCUT2D eigenvalue weighted by Gasteiger charge is -2.23. The van der Waals surface area contributed by atoms with Crippen LogP contribution in [0.2, 0.25) is 0 Å². The zero-order chi connectivity index (χ0) is 20.6. The molecule has 29 heavy (non-hydrogen) atoms. The number of amides is 3. The molecule has 2 unspecified atom stereocenters. The average Bonchev–Trinajstić information content (AvgIpc) is 3.17. The second-order valence-corrected chi connectivity index (χ2v) is 7.88. The molecule has 2 atom stereocenters. The van der Waals surface area contributed by atoms with Crippen LogP contribution >= 0.6 is 0 Å². The summed E-state index contributed by atoms with van der Waals surface area (Å²) in [5.74, 6) is 0.479. The van der Waals surface area contributed by atoms with Crippen molar-refractivity contribution in [2.75, 3.05) is 13.7 Å². The molecule has 6 heteroatoms. The van der Waals surface area contributed by atoms with Gasteiger partial charge in [0.1, 0.15) is 17.4 Å². The van der Waals surface area contributed by atoms with Crippen LogP contribution in [0, 0.1) is 6.92 Å². The summed E-state index contributed by atoms with van der Waals surface area (Å²) < 4.78 is 11.2. The first-order chi connectivity index (χ1) is 13.9. The van der Waals surface area contributed by atoms with Crippen molar-refractivity contribution in [1.29, 1.82) is 0 Å². The maximum atomic E-state index is 13.4. The zero-order valence-corrected chi connectivity index (χ0v) is 17.0. The summed E-state index contributed by atoms with van der Waals surface area (Å²) >= 11 is 0. The van der Waals surface area contributed by atoms with Gasteiger partial charge in [-0.25, -0.2) is 4.79 Å². The molecular weight excluding hydrogens is 368 g/mol. The summed E-state index contributed by atoms with van der Waals surface area (Å²) in [5, 5.41) is 2.97. The highest BCUT2D eigenvalue weighted by molar-refractivity contribution is 6.08. The van der Waals surface area contributed by atoms with E-state index in [1.807, 2.05) is 56.3 Å². The fourth-order valence-electron chi connectivity index (χ4n) is 4.29. The molecule has 1 saturated heterocycles. The largest absolute Gasteiger partial charge is 0.488 e. The van der Waals surface area contributed by atoms with Crippen molar-refractivity contribution < 1.29 is 19.1 Å². The summed E-state index contributed by atoms with van der Waals surface area (Å²) in [4.78, 5) is 27.5. The fourth-order valence-corrected chi connectivity index (χ4v) is 4.29. The smallest absolute Gasteiger partial charge is 0.325 e. The molecular formula is C23H26N2O4. The molecule has 1 N–H and O–H groups in total. The van der Waals surface area contributed by atoms with Crippen molar-refractivity contribution in [3.63, 3.8) is 0 Å². The van der Waals surface area contributed by atoms with Gasteiger partial charge in [0, 0.05) is 12.7 Å². The average molecular weight is 394 g/mol. The molecule has 2 aromatic carbocycles. The Bertz CT molecular complexity index is 958. The molecule has 152 valence electrons. The number of hydrogen-bond acceptors (Lipinski definition) is 4. The first-order valence-electron chi connectivity index (χ1n) is 9.92. The van der Waals surface area contributed by atoms with E-state index in [0.29, 0.717) is 18.8 Å². The van der Waals surface area contributed by atoms with Crippen LogP contribution in [-0.2, 0) is 28.0 Å². The fraction of sp³-hybridized carbons (Fsp3) is 0.391. The SMILES string of the molecule is COCC(C)Oc1cc(C)ccc1CN1C(=O)NC2(CCc3ccccc32)C1=O. The van der Waals surface area contributed by atoms with Crippen LogP contribution in [0.1, 0.15) is 35.6 Å². The van der Waals surface area contributed by atoms with Gasteiger partial charge >= 0.3 is 6.03 Å². The Balaban J connectivity index is 1.61. The number of nitrogens with one attached hydrogen (secondary N) is 1. The highest BCUT2D eigenvalue weighted by atomic mass is 16.5. The zero-order valence-electron chi connectivity index (χ0n) is 17.0. The molecule has 3 amide bonds. The minimum Gasteiger partial charge on any atom is -0.488 e. The summed E-state index contributed by atoms with van der Waals surface area (Å²) in [6.07, 6.45) is 1.23. The molecule has 0 radical (unpaired) electrons. The van der Waals surface area contributed by atoms with E-state index in [1.165, 1.54) is 4.90 Å². The van der Waals surface area contributed by atoms with Crippen LogP contribution in [0.25, 0.3) is 0 Å². The lowest BCUT2D eigenvalue weighted by molar-refractivity contribution is -0.132. The predicted octanol–water partition coefficient (Wildman–Crippen LogP) is 3.30. The number of benzene rings is 2. The normalized spacial score (nSPS) is 21.4. The van der Waals surface area contributed by atoms with Crippen molar-refractivity contribution in [1.82, 2.24) is 10.2 Å². The molecule has 4 rings (SSSR count). The van der Waals surface area contributed by atoms with Crippen LogP contribution in [0.5, 0.6) is 5.75 Å². The van der Waals surface area contributed by atoms with Crippen molar-refractivity contribution in [2.24, 2.45) is 0 Å². The summed E-state index contributed by atoms with van der Waals surface area (Å²) in [6.45, 7) is 4.53. The third kappa shape index (κ3) is 3.38. The van der Waals surface area contributed by atoms with E-state index in [1.54, 1.807) is 7.11 Å². The summed E-state index contributed by atoms with van der Waals surface area (Å²) in [5.41, 5.74) is 2.94. The lowest BCUT2D eigenvalue weighted by Crippen LogP contribution is -2.41. The topological polar surface area (TPSA) is 67.9 Å². The van der Waals surface area contributed by atoms with E-state index in [0.717, 1.165) is 28.7 Å². The monoisotopic (exact) mass is 394 g/mol. The lowest BCUT2D eigenvalue weighted by atomic mass is 9.92. The summed E-state index contributed by atoms with van der Waals surface area (Å²) in [6, 6.07) is 13.3. The number of carbonyl (C=O) groups excluding carboxylic acids is 2. The standard InChI is InChI=1S/C23H26N2O4/c1-15-8-9-18(20(12-15)29-16(2)14-28-3)13-25-21(26)23(24-22(25)27)11-10-17-6-4-5-7-19(17)23/h4-9,12,16H,10-11,13-14H2,1-3H3,(H,24,27). The number of methoxy groups -OCH3 is 1. The molecule has 2 aliphatic rings. The van der Waals surface area contributed by atoms with Crippen LogP contribution in [0.3, 0.4) is 0 Å². The molecule has 1 fully saturated rings. The van der Waals surface area contributed by atoms with Gasteiger partial charge in [-0.3, -0.25) is 9.69 Å². The second kappa shape index (κ2) is 7.52. The molecule has 0 saturated carbocycles. The Morgan fingerprint density at radius 1 is 1.21 bits per heavy atom. The van der Waals surface area contributed by atoms with E-state index in [4.69, 9.17) is 9.47 Å². The quantitative estimate of drug-likeness (QED) is 0.764. The van der Waals surface area contributed by atoms with Crippen LogP contribution in [0.4, 0.5) is 4.79 Å². The number of aryl methyl sites for hydroxylation is 2. The van der Waals surface area contributed by atoms with E-state index in [9.17, 15) is 9.59 Å². The maximum absolute atomic E-state index is 13.4. The Kier molecular flexibility index (Phi) is 5.04. The van der Waals surface area contributed by atoms with Crippen molar-refractivity contribution in [3.8, 4) is 5.75 Å². The molecule has 0 bridgehead atoms. The highest BCUT2D eigenvalue weighted by Gasteiger charge is 2.55. The van der Waals surface area contributed by atoms with Gasteiger partial charge in [0.05, 0.1) is 13.2 Å². The van der Waals surface area contributed by atoms with E-state index < -0.39 is 5.54 Å². The van der Waals surface area contributed by atoms with Gasteiger partial charge in [-0.2, -0.15) is 0 Å². The van der Waals surface area contributed by atoms with Gasteiger partial charge in [-0.05, 0) is 49.4 Å². The Hall–Kier alpha value is -2.86. The number of fused-ring (bicyclic) bond motifs is 2. The first-order valence-corrected chi connectivity index (χ1v) is 9.92. The third-order valence-electron chi connectivity index (χ3n) is 5.70. The van der Waals surface area contributed by atoms with Gasteiger partial charge in [-0.1, -0.05) is 36.4 Å². The Labute approximate surface area is 170 Å². The number of nitrogens with zero attached hydrogens (tertiary/aromatic N) is 1. The minimum absolute atomic E-state index is 0.142. The van der Waals surface area contributed by atoms with Crippen molar-refractivity contribution >= 4 is 11.9 Å². The number of carbonyl (C=O) groups is 2. The molecule has 0 aromatic heterocycles. The van der Waals surface area contributed by atoms with Gasteiger partial charge in [-0.15, -0.1) is 0 Å². The Morgan fingerprint density at radius 3 is 2.79 bits per heavy atom. The maximum Gasteiger partial charge on any atom is 0.325 e. The third-order valence-corrected chi connectivity index (χ3v) is 5.70. The van der Waals surface area contributed by atoms with Gasteiger partial charge in [0.2, 0.25) is 0 Å². The van der Waals surface area contributed by atoms with Gasteiger partial charge in [0.25, 0.3) is 5.91 Å². The number of hydrogen-bond donors (Lipinski definition) is 1. The van der Waals surface area contributed by atoms with Crippen molar-refractivity contribution in [3.05, 3.63) is 64.7 Å². The summed E-state index contributed by atoms with van der Waals surface area (Å²) in [7, 11) is 1.63.